The van der Waals surface area contributed by atoms with Crippen LogP contribution in [0.5, 0.6) is 0 Å². The van der Waals surface area contributed by atoms with Crippen LogP contribution in [0.25, 0.3) is 0 Å². The van der Waals surface area contributed by atoms with Gasteiger partial charge in [-0.25, -0.2) is 0 Å². The largest absolute Gasteiger partial charge is 0.322 e. The van der Waals surface area contributed by atoms with Crippen LogP contribution >= 0.6 is 11.6 Å². The Morgan fingerprint density at radius 1 is 1.38 bits per heavy atom. The van der Waals surface area contributed by atoms with E-state index in [0.717, 1.165) is 18.7 Å². The zero-order valence-electron chi connectivity index (χ0n) is 7.33. The quantitative estimate of drug-likeness (QED) is 0.456. The van der Waals surface area contributed by atoms with Crippen LogP contribution < -0.4 is 11.3 Å². The molecule has 2 rings (SSSR count). The summed E-state index contributed by atoms with van der Waals surface area (Å²) in [5.74, 6) is 6.77. The summed E-state index contributed by atoms with van der Waals surface area (Å²) in [6.45, 7) is 0. The highest BCUT2D eigenvalue weighted by Crippen LogP contribution is 2.34. The minimum absolute atomic E-state index is 0.346. The van der Waals surface area contributed by atoms with Crippen LogP contribution in [-0.4, -0.2) is 11.0 Å². The summed E-state index contributed by atoms with van der Waals surface area (Å²) in [5.41, 5.74) is 2.80. The molecular formula is C8H13ClN4. The zero-order valence-corrected chi connectivity index (χ0v) is 8.09. The van der Waals surface area contributed by atoms with Gasteiger partial charge in [0.25, 0.3) is 0 Å². The minimum atomic E-state index is 0.346. The molecule has 3 N–H and O–H groups in total. The maximum Gasteiger partial charge on any atom is 0.145 e. The molecule has 0 aromatic heterocycles. The van der Waals surface area contributed by atoms with Crippen molar-refractivity contribution >= 4 is 22.6 Å². The number of fused-ring (bicyclic) bond motifs is 1. The fourth-order valence-corrected chi connectivity index (χ4v) is 2.45. The van der Waals surface area contributed by atoms with Crippen LogP contribution in [-0.2, 0) is 0 Å². The van der Waals surface area contributed by atoms with Gasteiger partial charge in [0.05, 0.1) is 0 Å². The van der Waals surface area contributed by atoms with Gasteiger partial charge in [-0.1, -0.05) is 24.4 Å². The molecule has 2 atom stereocenters. The second-order valence-corrected chi connectivity index (χ2v) is 3.95. The normalized spacial score (nSPS) is 36.4. The Balaban J connectivity index is 2.24. The summed E-state index contributed by atoms with van der Waals surface area (Å²) in [6.07, 6.45) is 4.67. The van der Waals surface area contributed by atoms with Crippen molar-refractivity contribution in [3.63, 3.8) is 0 Å². The fraction of sp³-hybridized carbons (Fsp3) is 0.750. The van der Waals surface area contributed by atoms with Gasteiger partial charge in [-0.05, 0) is 12.8 Å². The van der Waals surface area contributed by atoms with Crippen LogP contribution in [0.3, 0.4) is 0 Å². The lowest BCUT2D eigenvalue weighted by molar-refractivity contribution is 0.363. The molecule has 2 unspecified atom stereocenters. The molecule has 0 bridgehead atoms. The molecule has 4 nitrogen and oxygen atoms in total. The highest BCUT2D eigenvalue weighted by molar-refractivity contribution is 6.66. The van der Waals surface area contributed by atoms with E-state index < -0.39 is 0 Å². The number of nitrogens with zero attached hydrogens (tertiary/aromatic N) is 2. The van der Waals surface area contributed by atoms with Crippen molar-refractivity contribution in [3.8, 4) is 0 Å². The number of rotatable bonds is 0. The minimum Gasteiger partial charge on any atom is -0.322 e. The summed E-state index contributed by atoms with van der Waals surface area (Å²) >= 11 is 6.00. The summed E-state index contributed by atoms with van der Waals surface area (Å²) in [7, 11) is 0. The van der Waals surface area contributed by atoms with Crippen molar-refractivity contribution in [1.29, 1.82) is 0 Å². The van der Waals surface area contributed by atoms with Gasteiger partial charge in [0.1, 0.15) is 11.0 Å². The average Bonchev–Trinajstić information content (AvgIpc) is 2.19. The zero-order chi connectivity index (χ0) is 9.26. The Morgan fingerprint density at radius 3 is 2.77 bits per heavy atom. The smallest absolute Gasteiger partial charge is 0.145 e. The van der Waals surface area contributed by atoms with Crippen LogP contribution in [0.2, 0.25) is 0 Å². The fourth-order valence-electron chi connectivity index (χ4n) is 2.14. The van der Waals surface area contributed by atoms with E-state index in [-0.39, 0.29) is 0 Å². The molecule has 1 fully saturated rings. The Labute approximate surface area is 82.2 Å². The number of hydrogen-bond donors (Lipinski definition) is 2. The SMILES string of the molecule is N/N=C1\NN=C(Cl)C2CCCCC12. The summed E-state index contributed by atoms with van der Waals surface area (Å²) < 4.78 is 0. The molecule has 1 aliphatic heterocycles. The molecule has 1 aliphatic carbocycles. The molecular weight excluding hydrogens is 188 g/mol. The van der Waals surface area contributed by atoms with Crippen LogP contribution in [0.4, 0.5) is 0 Å². The van der Waals surface area contributed by atoms with Crippen molar-refractivity contribution in [2.24, 2.45) is 27.9 Å². The number of hydrazone groups is 2. The third-order valence-electron chi connectivity index (χ3n) is 2.84. The van der Waals surface area contributed by atoms with E-state index in [4.69, 9.17) is 17.4 Å². The third-order valence-corrected chi connectivity index (χ3v) is 3.20. The van der Waals surface area contributed by atoms with Crippen LogP contribution in [0.15, 0.2) is 10.2 Å². The van der Waals surface area contributed by atoms with Gasteiger partial charge in [0.15, 0.2) is 0 Å². The Hall–Kier alpha value is -0.770. The molecule has 2 aliphatic rings. The first-order valence-electron chi connectivity index (χ1n) is 4.60. The monoisotopic (exact) mass is 200 g/mol. The van der Waals surface area contributed by atoms with E-state index in [1.165, 1.54) is 12.8 Å². The van der Waals surface area contributed by atoms with Gasteiger partial charge >= 0.3 is 0 Å². The Bertz CT molecular complexity index is 261. The van der Waals surface area contributed by atoms with Crippen molar-refractivity contribution in [3.05, 3.63) is 0 Å². The molecule has 0 radical (unpaired) electrons. The van der Waals surface area contributed by atoms with Crippen molar-refractivity contribution in [2.75, 3.05) is 0 Å². The van der Waals surface area contributed by atoms with E-state index in [9.17, 15) is 0 Å². The average molecular weight is 201 g/mol. The van der Waals surface area contributed by atoms with Crippen LogP contribution in [0.1, 0.15) is 25.7 Å². The molecule has 72 valence electrons. The maximum atomic E-state index is 6.00. The van der Waals surface area contributed by atoms with Gasteiger partial charge in [-0.3, -0.25) is 5.43 Å². The first-order chi connectivity index (χ1) is 6.33. The molecule has 1 heterocycles. The van der Waals surface area contributed by atoms with Gasteiger partial charge in [0.2, 0.25) is 0 Å². The lowest BCUT2D eigenvalue weighted by Crippen LogP contribution is -2.42. The van der Waals surface area contributed by atoms with Gasteiger partial charge < -0.3 is 5.84 Å². The third kappa shape index (κ3) is 1.50. The van der Waals surface area contributed by atoms with Gasteiger partial charge in [-0.2, -0.15) is 10.2 Å². The molecule has 13 heavy (non-hydrogen) atoms. The molecule has 0 spiro atoms. The van der Waals surface area contributed by atoms with Gasteiger partial charge in [0, 0.05) is 11.8 Å². The van der Waals surface area contributed by atoms with E-state index >= 15 is 0 Å². The molecule has 0 aromatic carbocycles. The summed E-state index contributed by atoms with van der Waals surface area (Å²) in [5, 5.41) is 8.37. The number of amidine groups is 1. The molecule has 5 heteroatoms. The van der Waals surface area contributed by atoms with Crippen molar-refractivity contribution in [1.82, 2.24) is 5.43 Å². The number of hydrogen-bond acceptors (Lipinski definition) is 3. The number of nitrogens with two attached hydrogens (primary N) is 1. The topological polar surface area (TPSA) is 62.8 Å². The van der Waals surface area contributed by atoms with Gasteiger partial charge in [-0.15, -0.1) is 0 Å². The Kier molecular flexibility index (Phi) is 2.40. The summed E-state index contributed by atoms with van der Waals surface area (Å²) in [4.78, 5) is 0. The standard InChI is InChI=1S/C8H13ClN4/c9-7-5-3-1-2-4-6(5)8(11-10)13-12-7/h5-6H,1-4,10H2,(H,11,13). The second kappa shape index (κ2) is 3.54. The predicted molar refractivity (Wildman–Crippen MR) is 53.5 cm³/mol. The molecule has 0 saturated heterocycles. The Morgan fingerprint density at radius 2 is 2.08 bits per heavy atom. The van der Waals surface area contributed by atoms with E-state index in [0.29, 0.717) is 17.0 Å². The lowest BCUT2D eigenvalue weighted by Gasteiger charge is -2.33. The van der Waals surface area contributed by atoms with E-state index in [1.807, 2.05) is 0 Å². The highest BCUT2D eigenvalue weighted by atomic mass is 35.5. The van der Waals surface area contributed by atoms with E-state index in [2.05, 4.69) is 15.6 Å². The molecule has 0 aromatic rings. The highest BCUT2D eigenvalue weighted by Gasteiger charge is 2.35. The first kappa shape index (κ1) is 8.81. The molecule has 1 saturated carbocycles. The lowest BCUT2D eigenvalue weighted by atomic mass is 9.78. The van der Waals surface area contributed by atoms with E-state index in [1.54, 1.807) is 0 Å². The van der Waals surface area contributed by atoms with Crippen molar-refractivity contribution in [2.45, 2.75) is 25.7 Å². The second-order valence-electron chi connectivity index (χ2n) is 3.56. The summed E-state index contributed by atoms with van der Waals surface area (Å²) in [6, 6.07) is 0. The maximum absolute atomic E-state index is 6.00. The number of nitrogens with one attached hydrogen (secondary N) is 1. The van der Waals surface area contributed by atoms with Crippen molar-refractivity contribution < 1.29 is 0 Å². The van der Waals surface area contributed by atoms with Crippen LogP contribution in [0, 0.1) is 11.8 Å². The molecule has 0 amide bonds. The first-order valence-corrected chi connectivity index (χ1v) is 4.97. The number of halogens is 1. The predicted octanol–water partition coefficient (Wildman–Crippen LogP) is 1.22.